The molecule has 45 heavy (non-hydrogen) atoms. The minimum atomic E-state index is -3.99. The first-order valence-corrected chi connectivity index (χ1v) is 15.9. The van der Waals surface area contributed by atoms with Crippen LogP contribution in [0.15, 0.2) is 102 Å². The van der Waals surface area contributed by atoms with Gasteiger partial charge in [-0.3, -0.25) is 9.69 Å². The van der Waals surface area contributed by atoms with E-state index in [4.69, 9.17) is 9.47 Å². The molecule has 10 nitrogen and oxygen atoms in total. The lowest BCUT2D eigenvalue weighted by Gasteiger charge is -2.26. The van der Waals surface area contributed by atoms with Crippen LogP contribution in [-0.4, -0.2) is 53.6 Å². The number of carboxylic acids is 1. The molecule has 3 aromatic carbocycles. The number of anilines is 1. The minimum Gasteiger partial charge on any atom is -0.494 e. The van der Waals surface area contributed by atoms with Crippen LogP contribution in [-0.2, 0) is 32.6 Å². The molecule has 11 heteroatoms. The second kappa shape index (κ2) is 14.4. The first-order chi connectivity index (χ1) is 21.4. The van der Waals surface area contributed by atoms with Gasteiger partial charge in [0.25, 0.3) is 0 Å². The molecule has 4 rings (SSSR count). The third kappa shape index (κ3) is 9.13. The fourth-order valence-electron chi connectivity index (χ4n) is 4.48. The van der Waals surface area contributed by atoms with Gasteiger partial charge in [0.2, 0.25) is 10.0 Å². The van der Waals surface area contributed by atoms with E-state index in [0.717, 1.165) is 27.3 Å². The molecule has 1 aromatic heterocycles. The first-order valence-electron chi connectivity index (χ1n) is 14.4. The molecule has 4 aromatic rings. The third-order valence-corrected chi connectivity index (χ3v) is 8.29. The topological polar surface area (TPSA) is 126 Å². The van der Waals surface area contributed by atoms with Crippen molar-refractivity contribution >= 4 is 27.9 Å². The Kier molecular flexibility index (Phi) is 10.6. The maximum atomic E-state index is 13.9. The molecule has 0 aliphatic heterocycles. The molecule has 0 bridgehead atoms. The molecule has 0 saturated heterocycles. The molecule has 1 heterocycles. The summed E-state index contributed by atoms with van der Waals surface area (Å²) in [5.41, 5.74) is 2.12. The Labute approximate surface area is 263 Å². The lowest BCUT2D eigenvalue weighted by atomic mass is 10.0. The molecule has 0 fully saturated rings. The molecule has 0 spiro atoms. The molecule has 0 aliphatic carbocycles. The molecule has 0 saturated carbocycles. The summed E-state index contributed by atoms with van der Waals surface area (Å²) in [6.07, 6.45) is -0.879. The first kappa shape index (κ1) is 33.2. The number of nitrogens with zero attached hydrogens (tertiary/aromatic N) is 3. The summed E-state index contributed by atoms with van der Waals surface area (Å²) >= 11 is 0. The second-order valence-corrected chi connectivity index (χ2v) is 13.1. The number of aliphatic carboxylic acids is 1. The Morgan fingerprint density at radius 3 is 2.18 bits per heavy atom. The van der Waals surface area contributed by atoms with Gasteiger partial charge in [-0.25, -0.2) is 18.2 Å². The van der Waals surface area contributed by atoms with Crippen molar-refractivity contribution in [3.63, 3.8) is 0 Å². The average molecular weight is 632 g/mol. The molecule has 0 aliphatic rings. The highest BCUT2D eigenvalue weighted by Crippen LogP contribution is 2.27. The van der Waals surface area contributed by atoms with Crippen molar-refractivity contribution in [2.75, 3.05) is 18.1 Å². The van der Waals surface area contributed by atoms with Crippen molar-refractivity contribution in [1.82, 2.24) is 9.29 Å². The maximum Gasteiger partial charge on any atom is 0.416 e. The lowest BCUT2D eigenvalue weighted by molar-refractivity contribution is -0.135. The van der Waals surface area contributed by atoms with E-state index in [1.807, 2.05) is 55.5 Å². The number of carbonyl (C=O) groups excluding carboxylic acids is 1. The summed E-state index contributed by atoms with van der Waals surface area (Å²) in [6.45, 7) is 6.71. The Morgan fingerprint density at radius 1 is 0.844 bits per heavy atom. The zero-order valence-corrected chi connectivity index (χ0v) is 26.5. The van der Waals surface area contributed by atoms with Crippen LogP contribution in [0.5, 0.6) is 5.75 Å². The smallest absolute Gasteiger partial charge is 0.416 e. The number of benzene rings is 3. The van der Waals surface area contributed by atoms with Gasteiger partial charge in [0.05, 0.1) is 23.7 Å². The number of hydrogen-bond acceptors (Lipinski definition) is 7. The van der Waals surface area contributed by atoms with Crippen molar-refractivity contribution in [3.8, 4) is 16.9 Å². The van der Waals surface area contributed by atoms with Crippen LogP contribution in [0.4, 0.5) is 10.6 Å². The number of ether oxygens (including phenoxy) is 2. The normalized spacial score (nSPS) is 11.7. The number of pyridine rings is 1. The molecule has 0 unspecified atom stereocenters. The van der Waals surface area contributed by atoms with Gasteiger partial charge in [0.15, 0.2) is 0 Å². The van der Waals surface area contributed by atoms with Crippen molar-refractivity contribution in [2.24, 2.45) is 0 Å². The molecule has 1 amide bonds. The van der Waals surface area contributed by atoms with Crippen molar-refractivity contribution in [1.29, 1.82) is 0 Å². The van der Waals surface area contributed by atoms with Gasteiger partial charge < -0.3 is 14.6 Å². The maximum absolute atomic E-state index is 13.9. The Bertz CT molecular complexity index is 1720. The van der Waals surface area contributed by atoms with E-state index in [-0.39, 0.29) is 23.8 Å². The van der Waals surface area contributed by atoms with E-state index in [1.165, 1.54) is 22.5 Å². The van der Waals surface area contributed by atoms with E-state index in [2.05, 4.69) is 4.98 Å². The van der Waals surface area contributed by atoms with Crippen LogP contribution < -0.4 is 9.64 Å². The SMILES string of the molecule is CCOc1cccc(-c2ccc(CN(Cc3cccc(N(CC(=O)O)C(=O)OC(C)(C)C)n3)S(=O)(=O)c3ccccc3)cc2)c1. The van der Waals surface area contributed by atoms with Crippen LogP contribution >= 0.6 is 0 Å². The van der Waals surface area contributed by atoms with Crippen LogP contribution in [0.1, 0.15) is 39.0 Å². The van der Waals surface area contributed by atoms with E-state index in [9.17, 15) is 23.1 Å². The number of hydrogen-bond donors (Lipinski definition) is 1. The zero-order chi connectivity index (χ0) is 32.6. The summed E-state index contributed by atoms with van der Waals surface area (Å²) in [6, 6.07) is 28.1. The minimum absolute atomic E-state index is 0.0276. The van der Waals surface area contributed by atoms with Gasteiger partial charge in [-0.05, 0) is 80.8 Å². The monoisotopic (exact) mass is 631 g/mol. The van der Waals surface area contributed by atoms with Gasteiger partial charge in [-0.15, -0.1) is 0 Å². The Balaban J connectivity index is 1.65. The summed E-state index contributed by atoms with van der Waals surface area (Å²) < 4.78 is 40.1. The average Bonchev–Trinajstić information content (AvgIpc) is 3.00. The highest BCUT2D eigenvalue weighted by Gasteiger charge is 2.28. The van der Waals surface area contributed by atoms with Gasteiger partial charge in [-0.1, -0.05) is 60.7 Å². The van der Waals surface area contributed by atoms with Crippen molar-refractivity contribution < 1.29 is 32.6 Å². The van der Waals surface area contributed by atoms with Gasteiger partial charge >= 0.3 is 12.1 Å². The Hall–Kier alpha value is -4.74. The fourth-order valence-corrected chi connectivity index (χ4v) is 5.90. The molecule has 1 N–H and O–H groups in total. The molecule has 0 atom stereocenters. The number of aromatic nitrogens is 1. The number of sulfonamides is 1. The summed E-state index contributed by atoms with van der Waals surface area (Å²) in [5, 5.41) is 9.46. The van der Waals surface area contributed by atoms with Crippen LogP contribution in [0.2, 0.25) is 0 Å². The van der Waals surface area contributed by atoms with E-state index in [0.29, 0.717) is 12.3 Å². The van der Waals surface area contributed by atoms with E-state index in [1.54, 1.807) is 51.1 Å². The zero-order valence-electron chi connectivity index (χ0n) is 25.7. The number of carboxylic acid groups (broad SMARTS) is 1. The standard InChI is InChI=1S/C34H37N3O7S/c1-5-43-29-13-9-11-27(21-29)26-19-17-25(18-20-26)22-36(45(41,42)30-14-7-6-8-15-30)23-28-12-10-16-31(35-28)37(24-32(38)39)33(40)44-34(2,3)4/h6-21H,5,22-24H2,1-4H3,(H,38,39). The van der Waals surface area contributed by atoms with E-state index >= 15 is 0 Å². The second-order valence-electron chi connectivity index (χ2n) is 11.2. The molecular weight excluding hydrogens is 594 g/mol. The number of amides is 1. The van der Waals surface area contributed by atoms with Crippen molar-refractivity contribution in [2.45, 2.75) is 51.3 Å². The summed E-state index contributed by atoms with van der Waals surface area (Å²) in [7, 11) is -3.99. The number of carbonyl (C=O) groups is 2. The van der Waals surface area contributed by atoms with Gasteiger partial charge in [-0.2, -0.15) is 4.31 Å². The summed E-state index contributed by atoms with van der Waals surface area (Å²) in [5.74, 6) is -0.461. The van der Waals surface area contributed by atoms with Crippen LogP contribution in [0, 0.1) is 0 Å². The predicted molar refractivity (Wildman–Crippen MR) is 171 cm³/mol. The Morgan fingerprint density at radius 2 is 1.53 bits per heavy atom. The quantitative estimate of drug-likeness (QED) is 0.191. The largest absolute Gasteiger partial charge is 0.494 e. The van der Waals surface area contributed by atoms with Gasteiger partial charge in [0.1, 0.15) is 23.7 Å². The fraction of sp³-hybridized carbons (Fsp3) is 0.265. The van der Waals surface area contributed by atoms with Crippen molar-refractivity contribution in [3.05, 3.63) is 108 Å². The highest BCUT2D eigenvalue weighted by atomic mass is 32.2. The third-order valence-electron chi connectivity index (χ3n) is 6.49. The van der Waals surface area contributed by atoms with E-state index < -0.39 is 34.2 Å². The van der Waals surface area contributed by atoms with Crippen LogP contribution in [0.25, 0.3) is 11.1 Å². The molecule has 0 radical (unpaired) electrons. The van der Waals surface area contributed by atoms with Gasteiger partial charge in [0, 0.05) is 6.54 Å². The predicted octanol–water partition coefficient (Wildman–Crippen LogP) is 6.36. The van der Waals surface area contributed by atoms with Crippen LogP contribution in [0.3, 0.4) is 0 Å². The molecule has 236 valence electrons. The summed E-state index contributed by atoms with van der Waals surface area (Å²) in [4.78, 5) is 30.0. The molecular formula is C34H37N3O7S. The lowest BCUT2D eigenvalue weighted by Crippen LogP contribution is -2.40. The number of rotatable bonds is 12. The highest BCUT2D eigenvalue weighted by molar-refractivity contribution is 7.89.